The summed E-state index contributed by atoms with van der Waals surface area (Å²) in [7, 11) is 0. The van der Waals surface area contributed by atoms with Gasteiger partial charge in [-0.15, -0.1) is 0 Å². The first-order chi connectivity index (χ1) is 9.99. The van der Waals surface area contributed by atoms with Gasteiger partial charge < -0.3 is 15.2 Å². The maximum Gasteiger partial charge on any atom is 0.311 e. The van der Waals surface area contributed by atoms with Crippen molar-refractivity contribution in [1.29, 1.82) is 0 Å². The van der Waals surface area contributed by atoms with Crippen LogP contribution in [0.25, 0.3) is 0 Å². The van der Waals surface area contributed by atoms with Gasteiger partial charge in [0.2, 0.25) is 5.91 Å². The summed E-state index contributed by atoms with van der Waals surface area (Å²) in [6, 6.07) is -0.239. The Morgan fingerprint density at radius 3 is 2.57 bits per heavy atom. The molecule has 2 N–H and O–H groups in total. The Morgan fingerprint density at radius 2 is 2.00 bits per heavy atom. The first-order valence-electron chi connectivity index (χ1n) is 8.10. The molecule has 1 aliphatic carbocycles. The molecule has 3 unspecified atom stereocenters. The maximum atomic E-state index is 12.6. The minimum absolute atomic E-state index is 0.0208. The van der Waals surface area contributed by atoms with Crippen LogP contribution >= 0.6 is 0 Å². The summed E-state index contributed by atoms with van der Waals surface area (Å²) in [6.45, 7) is 5.24. The van der Waals surface area contributed by atoms with Gasteiger partial charge in [-0.2, -0.15) is 0 Å². The SMILES string of the molecule is CCC(C(=O)NC1CCCC1(C)C(=O)O)C1CCOCC1. The lowest BCUT2D eigenvalue weighted by Crippen LogP contribution is -2.49. The zero-order valence-corrected chi connectivity index (χ0v) is 13.1. The summed E-state index contributed by atoms with van der Waals surface area (Å²) in [5, 5.41) is 12.5. The van der Waals surface area contributed by atoms with Crippen molar-refractivity contribution in [2.24, 2.45) is 17.3 Å². The highest BCUT2D eigenvalue weighted by Crippen LogP contribution is 2.38. The molecule has 2 fully saturated rings. The van der Waals surface area contributed by atoms with Crippen molar-refractivity contribution in [3.63, 3.8) is 0 Å². The molecule has 1 saturated heterocycles. The molecule has 0 spiro atoms. The Bertz CT molecular complexity index is 392. The molecule has 1 aliphatic heterocycles. The number of carboxylic acid groups (broad SMARTS) is 1. The molecular formula is C16H27NO4. The molecule has 21 heavy (non-hydrogen) atoms. The minimum Gasteiger partial charge on any atom is -0.481 e. The lowest BCUT2D eigenvalue weighted by atomic mass is 9.81. The number of nitrogens with one attached hydrogen (secondary N) is 1. The fourth-order valence-corrected chi connectivity index (χ4v) is 3.78. The van der Waals surface area contributed by atoms with E-state index in [2.05, 4.69) is 5.32 Å². The van der Waals surface area contributed by atoms with Crippen molar-refractivity contribution in [3.8, 4) is 0 Å². The van der Waals surface area contributed by atoms with Crippen molar-refractivity contribution >= 4 is 11.9 Å². The van der Waals surface area contributed by atoms with Crippen LogP contribution in [0.5, 0.6) is 0 Å². The van der Waals surface area contributed by atoms with Gasteiger partial charge in [-0.05, 0) is 44.9 Å². The average Bonchev–Trinajstić information content (AvgIpc) is 2.83. The normalized spacial score (nSPS) is 31.8. The van der Waals surface area contributed by atoms with Gasteiger partial charge >= 0.3 is 5.97 Å². The van der Waals surface area contributed by atoms with E-state index in [-0.39, 0.29) is 17.9 Å². The second-order valence-corrected chi connectivity index (χ2v) is 6.64. The van der Waals surface area contributed by atoms with Crippen molar-refractivity contribution in [1.82, 2.24) is 5.32 Å². The van der Waals surface area contributed by atoms with E-state index in [1.165, 1.54) is 0 Å². The first-order valence-corrected chi connectivity index (χ1v) is 8.10. The van der Waals surface area contributed by atoms with Crippen LogP contribution in [0.3, 0.4) is 0 Å². The topological polar surface area (TPSA) is 75.6 Å². The van der Waals surface area contributed by atoms with Crippen LogP contribution in [-0.4, -0.2) is 36.2 Å². The molecule has 0 aromatic rings. The number of carbonyl (C=O) groups excluding carboxylic acids is 1. The molecule has 0 bridgehead atoms. The number of hydrogen-bond acceptors (Lipinski definition) is 3. The third-order valence-corrected chi connectivity index (χ3v) is 5.37. The predicted octanol–water partition coefficient (Wildman–Crippen LogP) is 2.20. The molecule has 5 nitrogen and oxygen atoms in total. The quantitative estimate of drug-likeness (QED) is 0.815. The van der Waals surface area contributed by atoms with Crippen LogP contribution in [0.4, 0.5) is 0 Å². The minimum atomic E-state index is -0.816. The fourth-order valence-electron chi connectivity index (χ4n) is 3.78. The largest absolute Gasteiger partial charge is 0.481 e. The first kappa shape index (κ1) is 16.3. The third kappa shape index (κ3) is 3.39. The van der Waals surface area contributed by atoms with E-state index < -0.39 is 11.4 Å². The highest BCUT2D eigenvalue weighted by atomic mass is 16.5. The second-order valence-electron chi connectivity index (χ2n) is 6.64. The lowest BCUT2D eigenvalue weighted by Gasteiger charge is -2.32. The van der Waals surface area contributed by atoms with Crippen LogP contribution in [0.15, 0.2) is 0 Å². The third-order valence-electron chi connectivity index (χ3n) is 5.37. The molecule has 2 rings (SSSR count). The van der Waals surface area contributed by atoms with E-state index in [4.69, 9.17) is 4.74 Å². The number of aliphatic carboxylic acids is 1. The van der Waals surface area contributed by atoms with Gasteiger partial charge in [0.1, 0.15) is 0 Å². The van der Waals surface area contributed by atoms with Crippen molar-refractivity contribution in [3.05, 3.63) is 0 Å². The van der Waals surface area contributed by atoms with Gasteiger partial charge in [-0.3, -0.25) is 9.59 Å². The standard InChI is InChI=1S/C16H27NO4/c1-3-12(11-6-9-21-10-7-11)14(18)17-13-5-4-8-16(13,2)15(19)20/h11-13H,3-10H2,1-2H3,(H,17,18)(H,19,20). The Kier molecular flexibility index (Phi) is 5.25. The lowest BCUT2D eigenvalue weighted by molar-refractivity contribution is -0.149. The Balaban J connectivity index is 2.00. The van der Waals surface area contributed by atoms with Gasteiger partial charge in [0.15, 0.2) is 0 Å². The molecule has 120 valence electrons. The zero-order valence-electron chi connectivity index (χ0n) is 13.1. The summed E-state index contributed by atoms with van der Waals surface area (Å²) in [5.41, 5.74) is -0.816. The van der Waals surface area contributed by atoms with Crippen LogP contribution in [0.2, 0.25) is 0 Å². The van der Waals surface area contributed by atoms with Crippen molar-refractivity contribution in [2.75, 3.05) is 13.2 Å². The van der Waals surface area contributed by atoms with E-state index in [1.54, 1.807) is 6.92 Å². The van der Waals surface area contributed by atoms with E-state index in [9.17, 15) is 14.7 Å². The predicted molar refractivity (Wildman–Crippen MR) is 78.8 cm³/mol. The molecule has 0 aromatic heterocycles. The van der Waals surface area contributed by atoms with Gasteiger partial charge in [0.25, 0.3) is 0 Å². The average molecular weight is 297 g/mol. The van der Waals surface area contributed by atoms with E-state index in [0.717, 1.165) is 45.3 Å². The zero-order chi connectivity index (χ0) is 15.5. The van der Waals surface area contributed by atoms with Gasteiger partial charge in [0, 0.05) is 25.2 Å². The molecule has 5 heteroatoms. The van der Waals surface area contributed by atoms with Crippen LogP contribution in [0, 0.1) is 17.3 Å². The van der Waals surface area contributed by atoms with Gasteiger partial charge in [-0.1, -0.05) is 13.3 Å². The summed E-state index contributed by atoms with van der Waals surface area (Å²) >= 11 is 0. The fraction of sp³-hybridized carbons (Fsp3) is 0.875. The van der Waals surface area contributed by atoms with E-state index in [1.807, 2.05) is 6.92 Å². The molecule has 1 heterocycles. The number of amides is 1. The highest BCUT2D eigenvalue weighted by Gasteiger charge is 2.46. The smallest absolute Gasteiger partial charge is 0.311 e. The number of carboxylic acids is 1. The van der Waals surface area contributed by atoms with Gasteiger partial charge in [-0.25, -0.2) is 0 Å². The number of rotatable bonds is 5. The number of hydrogen-bond donors (Lipinski definition) is 2. The highest BCUT2D eigenvalue weighted by molar-refractivity contribution is 5.82. The van der Waals surface area contributed by atoms with Crippen LogP contribution < -0.4 is 5.32 Å². The van der Waals surface area contributed by atoms with Crippen molar-refractivity contribution in [2.45, 2.75) is 58.4 Å². The van der Waals surface area contributed by atoms with Crippen LogP contribution in [0.1, 0.15) is 52.4 Å². The second kappa shape index (κ2) is 6.77. The molecule has 3 atom stereocenters. The Labute approximate surface area is 126 Å². The molecule has 1 amide bonds. The summed E-state index contributed by atoms with van der Waals surface area (Å²) < 4.78 is 5.36. The van der Waals surface area contributed by atoms with Crippen LogP contribution in [-0.2, 0) is 14.3 Å². The summed E-state index contributed by atoms with van der Waals surface area (Å²) in [4.78, 5) is 24.1. The van der Waals surface area contributed by atoms with E-state index in [0.29, 0.717) is 12.3 Å². The monoisotopic (exact) mass is 297 g/mol. The summed E-state index contributed by atoms with van der Waals surface area (Å²) in [5.74, 6) is -0.429. The number of carbonyl (C=O) groups is 2. The summed E-state index contributed by atoms with van der Waals surface area (Å²) in [6.07, 6.45) is 4.91. The van der Waals surface area contributed by atoms with Crippen molar-refractivity contribution < 1.29 is 19.4 Å². The van der Waals surface area contributed by atoms with Gasteiger partial charge in [0.05, 0.1) is 5.41 Å². The maximum absolute atomic E-state index is 12.6. The molecule has 0 aromatic carbocycles. The molecule has 1 saturated carbocycles. The molecule has 2 aliphatic rings. The van der Waals surface area contributed by atoms with E-state index >= 15 is 0 Å². The Hall–Kier alpha value is -1.10. The molecule has 0 radical (unpaired) electrons. The molecular weight excluding hydrogens is 270 g/mol. The number of ether oxygens (including phenoxy) is 1. The Morgan fingerprint density at radius 1 is 1.33 bits per heavy atom.